The fraction of sp³-hybridized carbons (Fsp3) is 0.250. The average Bonchev–Trinajstić information content (AvgIpc) is 2.41. The van der Waals surface area contributed by atoms with Gasteiger partial charge in [0.15, 0.2) is 0 Å². The number of benzene rings is 2. The monoisotopic (exact) mass is 293 g/mol. The lowest BCUT2D eigenvalue weighted by molar-refractivity contribution is 0.287. The number of ether oxygens (including phenoxy) is 1. The van der Waals surface area contributed by atoms with Crippen LogP contribution in [0, 0.1) is 12.7 Å². The van der Waals surface area contributed by atoms with Crippen molar-refractivity contribution in [3.63, 3.8) is 0 Å². The van der Waals surface area contributed by atoms with Gasteiger partial charge in [0, 0.05) is 11.1 Å². The lowest BCUT2D eigenvalue weighted by Crippen LogP contribution is -2.30. The van der Waals surface area contributed by atoms with Gasteiger partial charge in [-0.05, 0) is 60.9 Å². The van der Waals surface area contributed by atoms with Gasteiger partial charge in [-0.2, -0.15) is 0 Å². The molecule has 0 fully saturated rings. The standard InChI is InChI=1S/C16H17ClFNO/c1-11-8-14(18)5-2-12(11)9-15(19)10-20-16-6-3-13(17)4-7-16/h2-8,15H,9-10,19H2,1H3. The molecule has 2 nitrogen and oxygen atoms in total. The van der Waals surface area contributed by atoms with Crippen LogP contribution in [0.15, 0.2) is 42.5 Å². The average molecular weight is 294 g/mol. The molecule has 0 radical (unpaired) electrons. The van der Waals surface area contributed by atoms with Gasteiger partial charge in [-0.3, -0.25) is 0 Å². The Hall–Kier alpha value is -1.58. The molecular weight excluding hydrogens is 277 g/mol. The van der Waals surface area contributed by atoms with E-state index >= 15 is 0 Å². The smallest absolute Gasteiger partial charge is 0.123 e. The number of rotatable bonds is 5. The van der Waals surface area contributed by atoms with E-state index in [1.54, 1.807) is 30.3 Å². The highest BCUT2D eigenvalue weighted by atomic mass is 35.5. The summed E-state index contributed by atoms with van der Waals surface area (Å²) >= 11 is 5.80. The summed E-state index contributed by atoms with van der Waals surface area (Å²) in [5.41, 5.74) is 8.00. The fourth-order valence-electron chi connectivity index (χ4n) is 1.96. The predicted molar refractivity (Wildman–Crippen MR) is 79.8 cm³/mol. The van der Waals surface area contributed by atoms with Crippen molar-refractivity contribution in [3.05, 3.63) is 64.4 Å². The van der Waals surface area contributed by atoms with E-state index in [1.807, 2.05) is 6.92 Å². The van der Waals surface area contributed by atoms with E-state index < -0.39 is 0 Å². The maximum Gasteiger partial charge on any atom is 0.123 e. The molecule has 0 bridgehead atoms. The zero-order chi connectivity index (χ0) is 14.5. The molecule has 1 atom stereocenters. The second-order valence-corrected chi connectivity index (χ2v) is 5.24. The lowest BCUT2D eigenvalue weighted by atomic mass is 10.0. The second-order valence-electron chi connectivity index (χ2n) is 4.80. The number of nitrogens with two attached hydrogens (primary N) is 1. The minimum atomic E-state index is -0.225. The van der Waals surface area contributed by atoms with Crippen LogP contribution in [0.1, 0.15) is 11.1 Å². The highest BCUT2D eigenvalue weighted by Crippen LogP contribution is 2.16. The molecule has 0 saturated heterocycles. The number of aryl methyl sites for hydroxylation is 1. The second kappa shape index (κ2) is 6.73. The van der Waals surface area contributed by atoms with Crippen LogP contribution in [0.4, 0.5) is 4.39 Å². The molecule has 20 heavy (non-hydrogen) atoms. The van der Waals surface area contributed by atoms with Gasteiger partial charge in [-0.1, -0.05) is 17.7 Å². The van der Waals surface area contributed by atoms with E-state index in [0.717, 1.165) is 16.9 Å². The lowest BCUT2D eigenvalue weighted by Gasteiger charge is -2.14. The predicted octanol–water partition coefficient (Wildman–Crippen LogP) is 3.74. The van der Waals surface area contributed by atoms with Gasteiger partial charge in [0.2, 0.25) is 0 Å². The molecule has 2 aromatic rings. The topological polar surface area (TPSA) is 35.2 Å². The summed E-state index contributed by atoms with van der Waals surface area (Å²) in [6, 6.07) is 11.7. The van der Waals surface area contributed by atoms with Crippen molar-refractivity contribution in [1.29, 1.82) is 0 Å². The first-order chi connectivity index (χ1) is 9.54. The number of halogens is 2. The summed E-state index contributed by atoms with van der Waals surface area (Å²) < 4.78 is 18.6. The molecule has 0 amide bonds. The van der Waals surface area contributed by atoms with Crippen LogP contribution < -0.4 is 10.5 Å². The van der Waals surface area contributed by atoms with Crippen LogP contribution in [0.25, 0.3) is 0 Å². The molecule has 0 aliphatic heterocycles. The van der Waals surface area contributed by atoms with Crippen LogP contribution in [-0.4, -0.2) is 12.6 Å². The van der Waals surface area contributed by atoms with Crippen LogP contribution in [0.2, 0.25) is 5.02 Å². The van der Waals surface area contributed by atoms with Crippen LogP contribution in [0.3, 0.4) is 0 Å². The van der Waals surface area contributed by atoms with Crippen molar-refractivity contribution in [2.75, 3.05) is 6.61 Å². The molecule has 2 N–H and O–H groups in total. The largest absolute Gasteiger partial charge is 0.492 e. The molecule has 0 aliphatic carbocycles. The maximum absolute atomic E-state index is 13.0. The summed E-state index contributed by atoms with van der Waals surface area (Å²) in [6.45, 7) is 2.28. The van der Waals surface area contributed by atoms with Gasteiger partial charge in [0.1, 0.15) is 18.2 Å². The minimum absolute atomic E-state index is 0.144. The summed E-state index contributed by atoms with van der Waals surface area (Å²) in [5, 5.41) is 0.670. The summed E-state index contributed by atoms with van der Waals surface area (Å²) in [4.78, 5) is 0. The molecule has 0 spiro atoms. The Labute approximate surface area is 123 Å². The Morgan fingerprint density at radius 2 is 1.90 bits per heavy atom. The third-order valence-corrected chi connectivity index (χ3v) is 3.32. The van der Waals surface area contributed by atoms with Gasteiger partial charge in [0.25, 0.3) is 0 Å². The quantitative estimate of drug-likeness (QED) is 0.911. The molecule has 4 heteroatoms. The first-order valence-corrected chi connectivity index (χ1v) is 6.81. The molecule has 2 rings (SSSR count). The van der Waals surface area contributed by atoms with Crippen LogP contribution >= 0.6 is 11.6 Å². The highest BCUT2D eigenvalue weighted by molar-refractivity contribution is 6.30. The first-order valence-electron chi connectivity index (χ1n) is 6.43. The van der Waals surface area contributed by atoms with Gasteiger partial charge in [-0.25, -0.2) is 4.39 Å². The third-order valence-electron chi connectivity index (χ3n) is 3.06. The van der Waals surface area contributed by atoms with Crippen molar-refractivity contribution in [2.45, 2.75) is 19.4 Å². The number of hydrogen-bond donors (Lipinski definition) is 1. The van der Waals surface area contributed by atoms with Crippen molar-refractivity contribution in [2.24, 2.45) is 5.73 Å². The Morgan fingerprint density at radius 3 is 2.55 bits per heavy atom. The normalized spacial score (nSPS) is 12.2. The van der Waals surface area contributed by atoms with E-state index in [0.29, 0.717) is 18.1 Å². The van der Waals surface area contributed by atoms with E-state index in [4.69, 9.17) is 22.1 Å². The van der Waals surface area contributed by atoms with E-state index in [9.17, 15) is 4.39 Å². The van der Waals surface area contributed by atoms with Gasteiger partial charge >= 0.3 is 0 Å². The molecule has 1 unspecified atom stereocenters. The summed E-state index contributed by atoms with van der Waals surface area (Å²) in [7, 11) is 0. The Morgan fingerprint density at radius 1 is 1.20 bits per heavy atom. The Bertz CT molecular complexity index is 571. The molecular formula is C16H17ClFNO. The van der Waals surface area contributed by atoms with Crippen molar-refractivity contribution >= 4 is 11.6 Å². The molecule has 0 aliphatic rings. The third kappa shape index (κ3) is 4.22. The molecule has 106 valence electrons. The van der Waals surface area contributed by atoms with Crippen molar-refractivity contribution in [1.82, 2.24) is 0 Å². The Balaban J connectivity index is 1.89. The Kier molecular flexibility index (Phi) is 4.99. The maximum atomic E-state index is 13.0. The number of hydrogen-bond acceptors (Lipinski definition) is 2. The zero-order valence-electron chi connectivity index (χ0n) is 11.3. The van der Waals surface area contributed by atoms with Gasteiger partial charge in [-0.15, -0.1) is 0 Å². The highest BCUT2D eigenvalue weighted by Gasteiger charge is 2.08. The zero-order valence-corrected chi connectivity index (χ0v) is 12.0. The van der Waals surface area contributed by atoms with Gasteiger partial charge in [0.05, 0.1) is 0 Å². The molecule has 0 aromatic heterocycles. The van der Waals surface area contributed by atoms with E-state index in [-0.39, 0.29) is 11.9 Å². The minimum Gasteiger partial charge on any atom is -0.492 e. The van der Waals surface area contributed by atoms with Crippen molar-refractivity contribution < 1.29 is 9.13 Å². The van der Waals surface area contributed by atoms with E-state index in [1.165, 1.54) is 12.1 Å². The fourth-order valence-corrected chi connectivity index (χ4v) is 2.09. The SMILES string of the molecule is Cc1cc(F)ccc1CC(N)COc1ccc(Cl)cc1. The van der Waals surface area contributed by atoms with Gasteiger partial charge < -0.3 is 10.5 Å². The molecule has 2 aromatic carbocycles. The van der Waals surface area contributed by atoms with Crippen molar-refractivity contribution in [3.8, 4) is 5.75 Å². The molecule has 0 saturated carbocycles. The summed E-state index contributed by atoms with van der Waals surface area (Å²) in [6.07, 6.45) is 0.652. The molecule has 0 heterocycles. The summed E-state index contributed by atoms with van der Waals surface area (Å²) in [5.74, 6) is 0.512. The van der Waals surface area contributed by atoms with E-state index in [2.05, 4.69) is 0 Å². The van der Waals surface area contributed by atoms with Crippen LogP contribution in [0.5, 0.6) is 5.75 Å². The first kappa shape index (κ1) is 14.8. The van der Waals surface area contributed by atoms with Crippen LogP contribution in [-0.2, 0) is 6.42 Å².